The maximum absolute atomic E-state index is 10.2. The second-order valence-corrected chi connectivity index (χ2v) is 5.17. The number of rotatable bonds is 2. The monoisotopic (exact) mass is 251 g/mol. The van der Waals surface area contributed by atoms with Gasteiger partial charge in [-0.15, -0.1) is 11.8 Å². The Labute approximate surface area is 108 Å². The highest BCUT2D eigenvalue weighted by Gasteiger charge is 2.06. The number of nitrogens with two attached hydrogens (primary N) is 1. The number of aldehydes is 1. The maximum Gasteiger partial charge on any atom is 0.150 e. The van der Waals surface area contributed by atoms with Gasteiger partial charge in [0.25, 0.3) is 0 Å². The SMILES string of the molecule is CSc1ccc(C=O)cc1.NC1CCCCC1. The molecule has 0 heterocycles. The normalized spacial score (nSPS) is 15.9. The number of thioether (sulfide) groups is 1. The van der Waals surface area contributed by atoms with E-state index < -0.39 is 0 Å². The van der Waals surface area contributed by atoms with Crippen LogP contribution in [0.4, 0.5) is 0 Å². The molecule has 2 N–H and O–H groups in total. The molecule has 1 aliphatic rings. The average molecular weight is 251 g/mol. The molecule has 0 spiro atoms. The second-order valence-electron chi connectivity index (χ2n) is 4.29. The smallest absolute Gasteiger partial charge is 0.150 e. The lowest BCUT2D eigenvalue weighted by atomic mass is 9.97. The molecule has 0 amide bonds. The average Bonchev–Trinajstić information content (AvgIpc) is 2.40. The molecule has 0 bridgehead atoms. The first kappa shape index (κ1) is 14.3. The highest BCUT2D eigenvalue weighted by atomic mass is 32.2. The fourth-order valence-corrected chi connectivity index (χ4v) is 2.22. The summed E-state index contributed by atoms with van der Waals surface area (Å²) < 4.78 is 0. The second kappa shape index (κ2) is 8.31. The number of hydrogen-bond donors (Lipinski definition) is 1. The minimum Gasteiger partial charge on any atom is -0.328 e. The van der Waals surface area contributed by atoms with Crippen molar-refractivity contribution in [2.24, 2.45) is 5.73 Å². The van der Waals surface area contributed by atoms with Gasteiger partial charge >= 0.3 is 0 Å². The Balaban J connectivity index is 0.000000181. The molecule has 3 heteroatoms. The van der Waals surface area contributed by atoms with Gasteiger partial charge in [-0.1, -0.05) is 31.4 Å². The van der Waals surface area contributed by atoms with Crippen LogP contribution in [-0.2, 0) is 0 Å². The van der Waals surface area contributed by atoms with Crippen LogP contribution in [0.1, 0.15) is 42.5 Å². The van der Waals surface area contributed by atoms with Crippen molar-refractivity contribution in [3.05, 3.63) is 29.8 Å². The summed E-state index contributed by atoms with van der Waals surface area (Å²) in [5, 5.41) is 0. The zero-order valence-corrected chi connectivity index (χ0v) is 11.2. The van der Waals surface area contributed by atoms with Gasteiger partial charge in [0.2, 0.25) is 0 Å². The number of carbonyl (C=O) groups is 1. The quantitative estimate of drug-likeness (QED) is 0.646. The molecule has 1 aromatic carbocycles. The van der Waals surface area contributed by atoms with Crippen LogP contribution >= 0.6 is 11.8 Å². The van der Waals surface area contributed by atoms with Crippen molar-refractivity contribution in [2.45, 2.75) is 43.0 Å². The minimum absolute atomic E-state index is 0.536. The molecule has 0 aliphatic heterocycles. The Kier molecular flexibility index (Phi) is 6.97. The summed E-state index contributed by atoms with van der Waals surface area (Å²) in [6, 6.07) is 8.05. The summed E-state index contributed by atoms with van der Waals surface area (Å²) in [4.78, 5) is 11.4. The molecular formula is C14H21NOS. The summed E-state index contributed by atoms with van der Waals surface area (Å²) in [5.41, 5.74) is 6.37. The van der Waals surface area contributed by atoms with E-state index in [0.29, 0.717) is 6.04 Å². The van der Waals surface area contributed by atoms with Gasteiger partial charge in [-0.2, -0.15) is 0 Å². The maximum atomic E-state index is 10.2. The largest absolute Gasteiger partial charge is 0.328 e. The molecule has 0 saturated heterocycles. The molecular weight excluding hydrogens is 230 g/mol. The summed E-state index contributed by atoms with van der Waals surface area (Å²) in [5.74, 6) is 0. The molecule has 1 aliphatic carbocycles. The lowest BCUT2D eigenvalue weighted by Gasteiger charge is -2.15. The molecule has 0 atom stereocenters. The van der Waals surface area contributed by atoms with E-state index in [0.717, 1.165) is 11.8 Å². The first-order chi connectivity index (χ1) is 8.26. The van der Waals surface area contributed by atoms with Crippen LogP contribution in [-0.4, -0.2) is 18.6 Å². The van der Waals surface area contributed by atoms with Gasteiger partial charge < -0.3 is 5.73 Å². The zero-order chi connectivity index (χ0) is 12.5. The van der Waals surface area contributed by atoms with Crippen molar-refractivity contribution in [1.82, 2.24) is 0 Å². The van der Waals surface area contributed by atoms with Crippen molar-refractivity contribution in [3.8, 4) is 0 Å². The first-order valence-corrected chi connectivity index (χ1v) is 7.33. The topological polar surface area (TPSA) is 43.1 Å². The summed E-state index contributed by atoms with van der Waals surface area (Å²) in [7, 11) is 0. The van der Waals surface area contributed by atoms with Gasteiger partial charge in [-0.25, -0.2) is 0 Å². The summed E-state index contributed by atoms with van der Waals surface area (Å²) in [6.45, 7) is 0. The van der Waals surface area contributed by atoms with Crippen LogP contribution in [0.5, 0.6) is 0 Å². The van der Waals surface area contributed by atoms with E-state index in [1.54, 1.807) is 11.8 Å². The van der Waals surface area contributed by atoms with Crippen LogP contribution in [0.2, 0.25) is 0 Å². The molecule has 1 aromatic rings. The Morgan fingerprint density at radius 2 is 1.76 bits per heavy atom. The van der Waals surface area contributed by atoms with E-state index in [-0.39, 0.29) is 0 Å². The van der Waals surface area contributed by atoms with Crippen LogP contribution < -0.4 is 5.73 Å². The summed E-state index contributed by atoms with van der Waals surface area (Å²) in [6.07, 6.45) is 9.52. The van der Waals surface area contributed by atoms with Gasteiger partial charge in [0.15, 0.2) is 0 Å². The predicted octanol–water partition coefficient (Wildman–Crippen LogP) is 3.50. The third kappa shape index (κ3) is 5.89. The van der Waals surface area contributed by atoms with Gasteiger partial charge in [0, 0.05) is 16.5 Å². The predicted molar refractivity (Wildman–Crippen MR) is 74.7 cm³/mol. The minimum atomic E-state index is 0.536. The summed E-state index contributed by atoms with van der Waals surface area (Å²) >= 11 is 1.67. The molecule has 2 nitrogen and oxygen atoms in total. The van der Waals surface area contributed by atoms with Crippen molar-refractivity contribution in [2.75, 3.05) is 6.26 Å². The van der Waals surface area contributed by atoms with Crippen molar-refractivity contribution in [3.63, 3.8) is 0 Å². The van der Waals surface area contributed by atoms with Gasteiger partial charge in [-0.05, 0) is 31.2 Å². The van der Waals surface area contributed by atoms with Crippen molar-refractivity contribution >= 4 is 18.0 Å². The molecule has 94 valence electrons. The molecule has 1 saturated carbocycles. The van der Waals surface area contributed by atoms with Gasteiger partial charge in [0.1, 0.15) is 6.29 Å². The van der Waals surface area contributed by atoms with Gasteiger partial charge in [-0.3, -0.25) is 4.79 Å². The highest BCUT2D eigenvalue weighted by Crippen LogP contribution is 2.15. The van der Waals surface area contributed by atoms with Crippen LogP contribution in [0.25, 0.3) is 0 Å². The Hall–Kier alpha value is -0.800. The molecule has 17 heavy (non-hydrogen) atoms. The van der Waals surface area contributed by atoms with Crippen LogP contribution in [0, 0.1) is 0 Å². The molecule has 2 rings (SSSR count). The van der Waals surface area contributed by atoms with Crippen molar-refractivity contribution < 1.29 is 4.79 Å². The van der Waals surface area contributed by atoms with E-state index in [4.69, 9.17) is 5.73 Å². The first-order valence-electron chi connectivity index (χ1n) is 6.11. The number of benzene rings is 1. The molecule has 1 fully saturated rings. The van der Waals surface area contributed by atoms with E-state index in [1.165, 1.54) is 37.0 Å². The molecule has 0 unspecified atom stereocenters. The third-order valence-electron chi connectivity index (χ3n) is 2.90. The molecule has 0 radical (unpaired) electrons. The molecule has 0 aromatic heterocycles. The fraction of sp³-hybridized carbons (Fsp3) is 0.500. The van der Waals surface area contributed by atoms with E-state index in [9.17, 15) is 4.79 Å². The lowest BCUT2D eigenvalue weighted by Crippen LogP contribution is -2.22. The van der Waals surface area contributed by atoms with Crippen molar-refractivity contribution in [1.29, 1.82) is 0 Å². The van der Waals surface area contributed by atoms with Gasteiger partial charge in [0.05, 0.1) is 0 Å². The number of carbonyl (C=O) groups excluding carboxylic acids is 1. The number of hydrogen-bond acceptors (Lipinski definition) is 3. The van der Waals surface area contributed by atoms with Crippen LogP contribution in [0.3, 0.4) is 0 Å². The fourth-order valence-electron chi connectivity index (χ4n) is 1.82. The standard InChI is InChI=1S/C8H8OS.C6H13N/c1-10-8-4-2-7(6-9)3-5-8;7-6-4-2-1-3-5-6/h2-6H,1H3;6H,1-5,7H2. The third-order valence-corrected chi connectivity index (χ3v) is 3.65. The van der Waals surface area contributed by atoms with E-state index in [1.807, 2.05) is 30.5 Å². The Morgan fingerprint density at radius 1 is 1.18 bits per heavy atom. The Bertz CT molecular complexity index is 317. The van der Waals surface area contributed by atoms with Crippen LogP contribution in [0.15, 0.2) is 29.2 Å². The van der Waals surface area contributed by atoms with E-state index in [2.05, 4.69) is 0 Å². The van der Waals surface area contributed by atoms with E-state index >= 15 is 0 Å². The Morgan fingerprint density at radius 3 is 2.12 bits per heavy atom. The zero-order valence-electron chi connectivity index (χ0n) is 10.4. The highest BCUT2D eigenvalue weighted by molar-refractivity contribution is 7.98. The lowest BCUT2D eigenvalue weighted by molar-refractivity contribution is 0.112.